The maximum absolute atomic E-state index is 12.5. The lowest BCUT2D eigenvalue weighted by Gasteiger charge is -2.31. The molecule has 1 aromatic heterocycles. The van der Waals surface area contributed by atoms with Crippen LogP contribution < -0.4 is 5.56 Å². The van der Waals surface area contributed by atoms with Crippen molar-refractivity contribution >= 4 is 5.91 Å². The smallest absolute Gasteiger partial charge is 0.274 e. The second kappa shape index (κ2) is 8.07. The number of hydrogen-bond acceptors (Lipinski definition) is 4. The van der Waals surface area contributed by atoms with Crippen molar-refractivity contribution in [1.29, 1.82) is 0 Å². The second-order valence-corrected chi connectivity index (χ2v) is 6.28. The molecule has 1 aliphatic rings. The molecule has 2 aromatic rings. The highest BCUT2D eigenvalue weighted by Crippen LogP contribution is 2.16. The van der Waals surface area contributed by atoms with Gasteiger partial charge in [0, 0.05) is 26.2 Å². The van der Waals surface area contributed by atoms with Crippen LogP contribution in [0, 0.1) is 0 Å². The van der Waals surface area contributed by atoms with Crippen LogP contribution in [-0.2, 0) is 18.2 Å². The summed E-state index contributed by atoms with van der Waals surface area (Å²) in [5, 5.41) is 4.03. The molecule has 0 aliphatic carbocycles. The predicted molar refractivity (Wildman–Crippen MR) is 94.5 cm³/mol. The van der Waals surface area contributed by atoms with Crippen molar-refractivity contribution in [3.63, 3.8) is 0 Å². The van der Waals surface area contributed by atoms with Gasteiger partial charge in [0.1, 0.15) is 5.69 Å². The molecule has 0 N–H and O–H groups in total. The molecule has 132 valence electrons. The van der Waals surface area contributed by atoms with Gasteiger partial charge in [-0.2, -0.15) is 5.10 Å². The molecular weight excluding hydrogens is 318 g/mol. The molecule has 1 aliphatic heterocycles. The highest BCUT2D eigenvalue weighted by atomic mass is 16.5. The predicted octanol–water partition coefficient (Wildman–Crippen LogP) is 1.64. The maximum atomic E-state index is 12.5. The van der Waals surface area contributed by atoms with E-state index in [4.69, 9.17) is 4.74 Å². The summed E-state index contributed by atoms with van der Waals surface area (Å²) in [5.41, 5.74) is 1.36. The molecule has 1 aromatic carbocycles. The minimum Gasteiger partial charge on any atom is -0.378 e. The summed E-state index contributed by atoms with van der Waals surface area (Å²) in [5.74, 6) is -0.127. The number of carbonyl (C=O) groups excluding carboxylic acids is 1. The topological polar surface area (TPSA) is 64.4 Å². The normalized spacial score (nSPS) is 15.3. The summed E-state index contributed by atoms with van der Waals surface area (Å²) in [6, 6.07) is 13.2. The lowest BCUT2D eigenvalue weighted by atomic mass is 10.1. The fourth-order valence-corrected chi connectivity index (χ4v) is 2.99. The lowest BCUT2D eigenvalue weighted by molar-refractivity contribution is 0.00982. The molecule has 1 saturated heterocycles. The number of nitrogens with zero attached hydrogens (tertiary/aromatic N) is 3. The number of hydrogen-bond donors (Lipinski definition) is 0. The molecule has 0 radical (unpaired) electrons. The van der Waals surface area contributed by atoms with Crippen molar-refractivity contribution in [2.75, 3.05) is 19.7 Å². The first-order valence-corrected chi connectivity index (χ1v) is 8.62. The van der Waals surface area contributed by atoms with Crippen LogP contribution in [0.1, 0.15) is 28.9 Å². The number of benzene rings is 1. The van der Waals surface area contributed by atoms with Crippen LogP contribution in [0.25, 0.3) is 0 Å². The molecule has 0 unspecified atom stereocenters. The van der Waals surface area contributed by atoms with Crippen LogP contribution in [0.15, 0.2) is 47.3 Å². The van der Waals surface area contributed by atoms with E-state index in [0.29, 0.717) is 25.4 Å². The van der Waals surface area contributed by atoms with Crippen LogP contribution >= 0.6 is 0 Å². The second-order valence-electron chi connectivity index (χ2n) is 6.28. The zero-order valence-electron chi connectivity index (χ0n) is 14.4. The Labute approximate surface area is 147 Å². The summed E-state index contributed by atoms with van der Waals surface area (Å²) < 4.78 is 7.14. The molecule has 0 bridgehead atoms. The van der Waals surface area contributed by atoms with Crippen LogP contribution in [0.3, 0.4) is 0 Å². The molecule has 3 rings (SSSR count). The number of amides is 1. The summed E-state index contributed by atoms with van der Waals surface area (Å²) >= 11 is 0. The van der Waals surface area contributed by atoms with E-state index in [0.717, 1.165) is 19.3 Å². The molecular formula is C19H23N3O3. The molecule has 6 nitrogen and oxygen atoms in total. The number of piperidine rings is 1. The fourth-order valence-electron chi connectivity index (χ4n) is 2.99. The number of likely N-dealkylation sites (tertiary alicyclic amines) is 1. The first-order chi connectivity index (χ1) is 12.1. The molecule has 0 atom stereocenters. The Kier molecular flexibility index (Phi) is 5.60. The van der Waals surface area contributed by atoms with E-state index in [9.17, 15) is 9.59 Å². The van der Waals surface area contributed by atoms with Crippen molar-refractivity contribution in [3.05, 3.63) is 64.1 Å². The summed E-state index contributed by atoms with van der Waals surface area (Å²) in [7, 11) is 1.55. The summed E-state index contributed by atoms with van der Waals surface area (Å²) in [6.45, 7) is 2.00. The minimum atomic E-state index is -0.220. The fraction of sp³-hybridized carbons (Fsp3) is 0.421. The average molecular weight is 341 g/mol. The van der Waals surface area contributed by atoms with Crippen molar-refractivity contribution in [2.45, 2.75) is 25.4 Å². The van der Waals surface area contributed by atoms with Gasteiger partial charge >= 0.3 is 0 Å². The molecule has 1 fully saturated rings. The Hall–Kier alpha value is -2.47. The van der Waals surface area contributed by atoms with E-state index in [1.54, 1.807) is 11.9 Å². The van der Waals surface area contributed by atoms with E-state index in [2.05, 4.69) is 17.2 Å². The third kappa shape index (κ3) is 4.54. The minimum absolute atomic E-state index is 0.127. The quantitative estimate of drug-likeness (QED) is 0.829. The number of aromatic nitrogens is 2. The van der Waals surface area contributed by atoms with Gasteiger partial charge < -0.3 is 9.64 Å². The van der Waals surface area contributed by atoms with Gasteiger partial charge in [-0.25, -0.2) is 4.68 Å². The van der Waals surface area contributed by atoms with Crippen molar-refractivity contribution in [2.24, 2.45) is 7.05 Å². The monoisotopic (exact) mass is 341 g/mol. The highest BCUT2D eigenvalue weighted by Gasteiger charge is 2.25. The van der Waals surface area contributed by atoms with Gasteiger partial charge in [-0.15, -0.1) is 0 Å². The summed E-state index contributed by atoms with van der Waals surface area (Å²) in [6.07, 6.45) is 2.75. The Bertz CT molecular complexity index is 765. The molecule has 2 heterocycles. The van der Waals surface area contributed by atoms with E-state index in [1.807, 2.05) is 18.2 Å². The third-order valence-corrected chi connectivity index (χ3v) is 4.50. The van der Waals surface area contributed by atoms with E-state index < -0.39 is 0 Å². The zero-order chi connectivity index (χ0) is 17.6. The number of aryl methyl sites for hydroxylation is 1. The third-order valence-electron chi connectivity index (χ3n) is 4.50. The molecule has 25 heavy (non-hydrogen) atoms. The molecule has 0 saturated carbocycles. The average Bonchev–Trinajstić information content (AvgIpc) is 2.65. The Morgan fingerprint density at radius 3 is 2.56 bits per heavy atom. The van der Waals surface area contributed by atoms with Gasteiger partial charge in [0.25, 0.3) is 11.5 Å². The molecule has 1 amide bonds. The van der Waals surface area contributed by atoms with Gasteiger partial charge in [0.15, 0.2) is 0 Å². The standard InChI is InChI=1S/C19H23N3O3/c1-21-18(23)8-7-17(20-21)19(24)22-12-9-16(10-13-22)25-14-11-15-5-3-2-4-6-15/h2-8,16H,9-14H2,1H3. The maximum Gasteiger partial charge on any atom is 0.274 e. The van der Waals surface area contributed by atoms with Crippen LogP contribution in [0.2, 0.25) is 0 Å². The van der Waals surface area contributed by atoms with Crippen molar-refractivity contribution < 1.29 is 9.53 Å². The van der Waals surface area contributed by atoms with Crippen LogP contribution in [0.4, 0.5) is 0 Å². The van der Waals surface area contributed by atoms with E-state index >= 15 is 0 Å². The Morgan fingerprint density at radius 2 is 1.88 bits per heavy atom. The SMILES string of the molecule is Cn1nc(C(=O)N2CCC(OCCc3ccccc3)CC2)ccc1=O. The van der Waals surface area contributed by atoms with Crippen LogP contribution in [0.5, 0.6) is 0 Å². The van der Waals surface area contributed by atoms with Gasteiger partial charge in [-0.1, -0.05) is 30.3 Å². The Morgan fingerprint density at radius 1 is 1.16 bits per heavy atom. The van der Waals surface area contributed by atoms with Gasteiger partial charge in [0.2, 0.25) is 0 Å². The highest BCUT2D eigenvalue weighted by molar-refractivity contribution is 5.92. The zero-order valence-corrected chi connectivity index (χ0v) is 14.4. The first-order valence-electron chi connectivity index (χ1n) is 8.62. The van der Waals surface area contributed by atoms with Crippen molar-refractivity contribution in [1.82, 2.24) is 14.7 Å². The Balaban J connectivity index is 1.45. The van der Waals surface area contributed by atoms with Gasteiger partial charge in [0.05, 0.1) is 12.7 Å². The molecule has 0 spiro atoms. The number of ether oxygens (including phenoxy) is 1. The molecule has 6 heteroatoms. The van der Waals surface area contributed by atoms with Crippen molar-refractivity contribution in [3.8, 4) is 0 Å². The first kappa shape index (κ1) is 17.4. The number of rotatable bonds is 5. The van der Waals surface area contributed by atoms with Crippen LogP contribution in [-0.4, -0.2) is 46.4 Å². The lowest BCUT2D eigenvalue weighted by Crippen LogP contribution is -2.41. The van der Waals surface area contributed by atoms with E-state index in [1.165, 1.54) is 22.4 Å². The number of carbonyl (C=O) groups is 1. The van der Waals surface area contributed by atoms with E-state index in [-0.39, 0.29) is 17.6 Å². The van der Waals surface area contributed by atoms with Gasteiger partial charge in [-0.3, -0.25) is 9.59 Å². The van der Waals surface area contributed by atoms with Gasteiger partial charge in [-0.05, 0) is 30.9 Å². The summed E-state index contributed by atoms with van der Waals surface area (Å²) in [4.78, 5) is 25.6. The largest absolute Gasteiger partial charge is 0.378 e.